The van der Waals surface area contributed by atoms with Crippen molar-refractivity contribution >= 4 is 39.3 Å². The van der Waals surface area contributed by atoms with Gasteiger partial charge in [-0.25, -0.2) is 13.1 Å². The van der Waals surface area contributed by atoms with Crippen molar-refractivity contribution < 1.29 is 13.2 Å². The molecule has 1 heterocycles. The predicted octanol–water partition coefficient (Wildman–Crippen LogP) is 2.25. The van der Waals surface area contributed by atoms with Gasteiger partial charge in [0.15, 0.2) is 0 Å². The van der Waals surface area contributed by atoms with Crippen LogP contribution >= 0.6 is 11.6 Å². The van der Waals surface area contributed by atoms with Gasteiger partial charge in [-0.2, -0.15) is 5.10 Å². The molecule has 2 rings (SSSR count). The Morgan fingerprint density at radius 3 is 2.56 bits per heavy atom. The molecule has 2 aromatic rings. The van der Waals surface area contributed by atoms with Gasteiger partial charge in [0, 0.05) is 24.4 Å². The number of aryl methyl sites for hydroxylation is 3. The van der Waals surface area contributed by atoms with Gasteiger partial charge in [0.1, 0.15) is 5.15 Å². The van der Waals surface area contributed by atoms with E-state index < -0.39 is 15.9 Å². The van der Waals surface area contributed by atoms with Gasteiger partial charge in [-0.3, -0.25) is 9.48 Å². The number of nitrogens with zero attached hydrogens (tertiary/aromatic N) is 2. The zero-order chi connectivity index (χ0) is 18.8. The molecule has 7 nitrogen and oxygen atoms in total. The molecule has 0 radical (unpaired) electrons. The number of benzene rings is 1. The highest BCUT2D eigenvalue weighted by Gasteiger charge is 2.15. The second-order valence-electron chi connectivity index (χ2n) is 5.42. The third-order valence-electron chi connectivity index (χ3n) is 3.61. The number of hydrogen-bond donors (Lipinski definition) is 2. The molecule has 0 saturated heterocycles. The summed E-state index contributed by atoms with van der Waals surface area (Å²) in [6.45, 7) is 3.47. The van der Waals surface area contributed by atoms with Crippen LogP contribution in [0.3, 0.4) is 0 Å². The summed E-state index contributed by atoms with van der Waals surface area (Å²) in [7, 11) is -0.552. The first-order chi connectivity index (χ1) is 11.7. The second-order valence-corrected chi connectivity index (χ2v) is 7.64. The van der Waals surface area contributed by atoms with Crippen LogP contribution in [0.2, 0.25) is 5.15 Å². The number of carbonyl (C=O) groups excluding carboxylic acids is 1. The molecular weight excluding hydrogens is 364 g/mol. The predicted molar refractivity (Wildman–Crippen MR) is 98.0 cm³/mol. The molecule has 0 aliphatic heterocycles. The zero-order valence-corrected chi connectivity index (χ0v) is 15.9. The molecule has 2 N–H and O–H groups in total. The van der Waals surface area contributed by atoms with E-state index in [0.717, 1.165) is 0 Å². The number of sulfonamides is 1. The molecule has 0 aliphatic rings. The van der Waals surface area contributed by atoms with Gasteiger partial charge in [0.05, 0.1) is 10.6 Å². The first kappa shape index (κ1) is 19.2. The van der Waals surface area contributed by atoms with Crippen molar-refractivity contribution in [2.24, 2.45) is 7.05 Å². The number of amides is 1. The minimum absolute atomic E-state index is 0.114. The Balaban J connectivity index is 2.21. The van der Waals surface area contributed by atoms with Gasteiger partial charge in [0.2, 0.25) is 15.9 Å². The van der Waals surface area contributed by atoms with Crippen molar-refractivity contribution in [2.75, 3.05) is 12.4 Å². The highest BCUT2D eigenvalue weighted by atomic mass is 35.5. The van der Waals surface area contributed by atoms with Gasteiger partial charge in [0.25, 0.3) is 0 Å². The van der Waals surface area contributed by atoms with E-state index in [2.05, 4.69) is 15.1 Å². The SMILES string of the molecule is CNS(=O)(=O)c1cc(NC(=O)/C=C/c2c(C)nn(C)c2Cl)ccc1C. The molecule has 25 heavy (non-hydrogen) atoms. The van der Waals surface area contributed by atoms with Gasteiger partial charge in [-0.15, -0.1) is 0 Å². The minimum atomic E-state index is -3.60. The number of anilines is 1. The average Bonchev–Trinajstić information content (AvgIpc) is 2.79. The summed E-state index contributed by atoms with van der Waals surface area (Å²) in [6.07, 6.45) is 2.89. The van der Waals surface area contributed by atoms with Crippen LogP contribution in [-0.2, 0) is 21.9 Å². The number of rotatable bonds is 5. The number of hydrogen-bond acceptors (Lipinski definition) is 4. The van der Waals surface area contributed by atoms with Crippen molar-refractivity contribution in [3.05, 3.63) is 46.2 Å². The van der Waals surface area contributed by atoms with Crippen molar-refractivity contribution in [3.63, 3.8) is 0 Å². The summed E-state index contributed by atoms with van der Waals surface area (Å²) in [4.78, 5) is 12.2. The Morgan fingerprint density at radius 1 is 1.32 bits per heavy atom. The lowest BCUT2D eigenvalue weighted by molar-refractivity contribution is -0.111. The normalized spacial score (nSPS) is 11.9. The molecule has 9 heteroatoms. The molecule has 134 valence electrons. The van der Waals surface area contributed by atoms with Crippen LogP contribution in [-0.4, -0.2) is 31.2 Å². The Kier molecular flexibility index (Phi) is 5.66. The molecule has 0 unspecified atom stereocenters. The Labute approximate surface area is 151 Å². The fraction of sp³-hybridized carbons (Fsp3) is 0.250. The third-order valence-corrected chi connectivity index (χ3v) is 5.62. The summed E-state index contributed by atoms with van der Waals surface area (Å²) in [5, 5.41) is 7.22. The van der Waals surface area contributed by atoms with Gasteiger partial charge < -0.3 is 5.32 Å². The monoisotopic (exact) mass is 382 g/mol. The van der Waals surface area contributed by atoms with E-state index in [1.807, 2.05) is 0 Å². The van der Waals surface area contributed by atoms with Crippen molar-refractivity contribution in [1.29, 1.82) is 0 Å². The smallest absolute Gasteiger partial charge is 0.248 e. The van der Waals surface area contributed by atoms with Crippen molar-refractivity contribution in [3.8, 4) is 0 Å². The third kappa shape index (κ3) is 4.28. The van der Waals surface area contributed by atoms with Crippen LogP contribution < -0.4 is 10.0 Å². The van der Waals surface area contributed by atoms with Crippen molar-refractivity contribution in [1.82, 2.24) is 14.5 Å². The molecule has 1 aromatic carbocycles. The second kappa shape index (κ2) is 7.38. The van der Waals surface area contributed by atoms with Crippen LogP contribution in [0.1, 0.15) is 16.8 Å². The molecular formula is C16H19ClN4O3S. The Hall–Kier alpha value is -2.16. The maximum atomic E-state index is 12.1. The molecule has 0 spiro atoms. The highest BCUT2D eigenvalue weighted by Crippen LogP contribution is 2.21. The summed E-state index contributed by atoms with van der Waals surface area (Å²) < 4.78 is 27.8. The zero-order valence-electron chi connectivity index (χ0n) is 14.3. The van der Waals surface area contributed by atoms with E-state index in [1.54, 1.807) is 39.1 Å². The minimum Gasteiger partial charge on any atom is -0.322 e. The van der Waals surface area contributed by atoms with E-state index in [-0.39, 0.29) is 4.90 Å². The molecule has 0 aliphatic carbocycles. The Bertz CT molecular complexity index is 949. The molecule has 1 amide bonds. The van der Waals surface area contributed by atoms with E-state index in [1.165, 1.54) is 23.9 Å². The molecule has 0 atom stereocenters. The van der Waals surface area contributed by atoms with Gasteiger partial charge >= 0.3 is 0 Å². The molecule has 0 saturated carbocycles. The lowest BCUT2D eigenvalue weighted by Crippen LogP contribution is -2.20. The van der Waals surface area contributed by atoms with E-state index in [4.69, 9.17) is 11.6 Å². The van der Waals surface area contributed by atoms with Gasteiger partial charge in [-0.1, -0.05) is 17.7 Å². The largest absolute Gasteiger partial charge is 0.322 e. The summed E-state index contributed by atoms with van der Waals surface area (Å²) in [6, 6.07) is 4.68. The molecule has 0 bridgehead atoms. The summed E-state index contributed by atoms with van der Waals surface area (Å²) in [5.74, 6) is -0.407. The number of carbonyl (C=O) groups is 1. The first-order valence-corrected chi connectivity index (χ1v) is 9.24. The maximum Gasteiger partial charge on any atom is 0.248 e. The van der Waals surface area contributed by atoms with Crippen LogP contribution in [0.25, 0.3) is 6.08 Å². The van der Waals surface area contributed by atoms with Crippen LogP contribution in [0.5, 0.6) is 0 Å². The highest BCUT2D eigenvalue weighted by molar-refractivity contribution is 7.89. The van der Waals surface area contributed by atoms with Gasteiger partial charge in [-0.05, 0) is 44.7 Å². The maximum absolute atomic E-state index is 12.1. The fourth-order valence-electron chi connectivity index (χ4n) is 2.26. The van der Waals surface area contributed by atoms with E-state index in [0.29, 0.717) is 27.7 Å². The number of aromatic nitrogens is 2. The lowest BCUT2D eigenvalue weighted by Gasteiger charge is -2.09. The quantitative estimate of drug-likeness (QED) is 0.775. The van der Waals surface area contributed by atoms with E-state index in [9.17, 15) is 13.2 Å². The van der Waals surface area contributed by atoms with Crippen LogP contribution in [0, 0.1) is 13.8 Å². The molecule has 0 fully saturated rings. The van der Waals surface area contributed by atoms with Crippen LogP contribution in [0.15, 0.2) is 29.2 Å². The Morgan fingerprint density at radius 2 is 2.00 bits per heavy atom. The van der Waals surface area contributed by atoms with Crippen LogP contribution in [0.4, 0.5) is 5.69 Å². The number of nitrogens with one attached hydrogen (secondary N) is 2. The standard InChI is InChI=1S/C16H19ClN4O3S/c1-10-5-6-12(9-14(10)25(23,24)18-3)19-15(22)8-7-13-11(2)20-21(4)16(13)17/h5-9,18H,1-4H3,(H,19,22)/b8-7+. The lowest BCUT2D eigenvalue weighted by atomic mass is 10.2. The average molecular weight is 383 g/mol. The molecule has 1 aromatic heterocycles. The fourth-order valence-corrected chi connectivity index (χ4v) is 3.49. The number of halogens is 1. The summed E-state index contributed by atoms with van der Waals surface area (Å²) in [5.41, 5.74) is 2.32. The van der Waals surface area contributed by atoms with Crippen molar-refractivity contribution in [2.45, 2.75) is 18.7 Å². The van der Waals surface area contributed by atoms with E-state index >= 15 is 0 Å². The summed E-state index contributed by atoms with van der Waals surface area (Å²) >= 11 is 6.11. The topological polar surface area (TPSA) is 93.1 Å². The first-order valence-electron chi connectivity index (χ1n) is 7.38.